The summed E-state index contributed by atoms with van der Waals surface area (Å²) >= 11 is 0. The van der Waals surface area contributed by atoms with Gasteiger partial charge in [-0.3, -0.25) is 14.8 Å². The number of aromatic nitrogens is 1. The number of cyclic esters (lactones) is 1. The number of fused-ring (bicyclic) bond motifs is 3. The predicted octanol–water partition coefficient (Wildman–Crippen LogP) is 2.95. The summed E-state index contributed by atoms with van der Waals surface area (Å²) < 4.78 is 18.9. The van der Waals surface area contributed by atoms with Crippen LogP contribution >= 0.6 is 0 Å². The monoisotopic (exact) mass is 327 g/mol. The second-order valence-electron chi connectivity index (χ2n) is 6.19. The van der Waals surface area contributed by atoms with Crippen molar-refractivity contribution in [1.82, 2.24) is 9.88 Å². The summed E-state index contributed by atoms with van der Waals surface area (Å²) in [5, 5.41) is 0. The Kier molecular flexibility index (Phi) is 3.90. The minimum atomic E-state index is -0.384. The SMILES string of the molecule is O=C1OCC2CCN(Cc3ccccn3)Cc3ccc(F)cc3N12. The van der Waals surface area contributed by atoms with E-state index in [0.717, 1.165) is 30.8 Å². The molecule has 0 radical (unpaired) electrons. The van der Waals surface area contributed by atoms with E-state index in [4.69, 9.17) is 4.74 Å². The Bertz CT molecular complexity index is 753. The Labute approximate surface area is 139 Å². The Morgan fingerprint density at radius 2 is 2.21 bits per heavy atom. The smallest absolute Gasteiger partial charge is 0.414 e. The number of amides is 1. The summed E-state index contributed by atoms with van der Waals surface area (Å²) in [4.78, 5) is 20.3. The Morgan fingerprint density at radius 3 is 3.04 bits per heavy atom. The zero-order chi connectivity index (χ0) is 16.5. The van der Waals surface area contributed by atoms with Gasteiger partial charge in [0.1, 0.15) is 12.4 Å². The van der Waals surface area contributed by atoms with Gasteiger partial charge >= 0.3 is 6.09 Å². The van der Waals surface area contributed by atoms with Crippen molar-refractivity contribution in [3.63, 3.8) is 0 Å². The molecule has 0 N–H and O–H groups in total. The first kappa shape index (κ1) is 15.1. The fraction of sp³-hybridized carbons (Fsp3) is 0.333. The van der Waals surface area contributed by atoms with Gasteiger partial charge in [0.05, 0.1) is 17.4 Å². The Balaban J connectivity index is 1.66. The second-order valence-corrected chi connectivity index (χ2v) is 6.19. The maximum Gasteiger partial charge on any atom is 0.414 e. The van der Waals surface area contributed by atoms with Crippen LogP contribution in [0.15, 0.2) is 42.6 Å². The van der Waals surface area contributed by atoms with E-state index in [-0.39, 0.29) is 18.0 Å². The summed E-state index contributed by atoms with van der Waals surface area (Å²) in [7, 11) is 0. The van der Waals surface area contributed by atoms with Crippen LogP contribution in [0.25, 0.3) is 0 Å². The first-order chi connectivity index (χ1) is 11.7. The van der Waals surface area contributed by atoms with Gasteiger partial charge in [0.2, 0.25) is 0 Å². The number of carbonyl (C=O) groups is 1. The summed E-state index contributed by atoms with van der Waals surface area (Å²) in [6, 6.07) is 10.4. The molecule has 1 unspecified atom stereocenters. The molecular formula is C18H18FN3O2. The van der Waals surface area contributed by atoms with Crippen LogP contribution in [0, 0.1) is 5.82 Å². The average molecular weight is 327 g/mol. The van der Waals surface area contributed by atoms with Crippen molar-refractivity contribution < 1.29 is 13.9 Å². The van der Waals surface area contributed by atoms with Crippen LogP contribution in [0.2, 0.25) is 0 Å². The van der Waals surface area contributed by atoms with E-state index >= 15 is 0 Å². The van der Waals surface area contributed by atoms with Gasteiger partial charge in [-0.25, -0.2) is 9.18 Å². The van der Waals surface area contributed by atoms with Gasteiger partial charge in [-0.15, -0.1) is 0 Å². The fourth-order valence-electron chi connectivity index (χ4n) is 3.37. The van der Waals surface area contributed by atoms with Gasteiger partial charge in [-0.2, -0.15) is 0 Å². The van der Waals surface area contributed by atoms with Gasteiger partial charge in [-0.05, 0) is 36.2 Å². The standard InChI is InChI=1S/C18H18FN3O2/c19-14-5-4-13-10-21(11-15-3-1-2-7-20-15)8-6-16-12-24-18(23)22(16)17(13)9-14/h1-5,7,9,16H,6,8,10-12H2. The van der Waals surface area contributed by atoms with E-state index in [0.29, 0.717) is 18.8 Å². The molecule has 1 amide bonds. The summed E-state index contributed by atoms with van der Waals surface area (Å²) in [6.45, 7) is 2.54. The number of pyridine rings is 1. The highest BCUT2D eigenvalue weighted by atomic mass is 19.1. The lowest BCUT2D eigenvalue weighted by molar-refractivity contribution is 0.177. The molecule has 0 aliphatic carbocycles. The highest BCUT2D eigenvalue weighted by Crippen LogP contribution is 2.32. The van der Waals surface area contributed by atoms with Crippen LogP contribution in [0.4, 0.5) is 14.9 Å². The van der Waals surface area contributed by atoms with Gasteiger partial charge in [0, 0.05) is 25.8 Å². The first-order valence-electron chi connectivity index (χ1n) is 8.07. The highest BCUT2D eigenvalue weighted by molar-refractivity contribution is 5.91. The molecule has 1 saturated heterocycles. The van der Waals surface area contributed by atoms with E-state index < -0.39 is 0 Å². The molecule has 1 atom stereocenters. The normalized spacial score (nSPS) is 20.8. The van der Waals surface area contributed by atoms with E-state index in [1.807, 2.05) is 18.2 Å². The minimum absolute atomic E-state index is 0.0513. The molecule has 124 valence electrons. The highest BCUT2D eigenvalue weighted by Gasteiger charge is 2.37. The first-order valence-corrected chi connectivity index (χ1v) is 8.07. The van der Waals surface area contributed by atoms with E-state index in [9.17, 15) is 9.18 Å². The lowest BCUT2D eigenvalue weighted by Gasteiger charge is -2.32. The van der Waals surface area contributed by atoms with Gasteiger partial charge < -0.3 is 4.74 Å². The molecule has 3 heterocycles. The molecule has 1 aromatic carbocycles. The van der Waals surface area contributed by atoms with Crippen molar-refractivity contribution in [2.45, 2.75) is 25.6 Å². The van der Waals surface area contributed by atoms with Crippen molar-refractivity contribution in [2.24, 2.45) is 0 Å². The number of carbonyl (C=O) groups excluding carboxylic acids is 1. The van der Waals surface area contributed by atoms with Gasteiger partial charge in [0.15, 0.2) is 0 Å². The average Bonchev–Trinajstić information content (AvgIpc) is 2.94. The maximum atomic E-state index is 13.8. The summed E-state index contributed by atoms with van der Waals surface area (Å²) in [5.41, 5.74) is 2.54. The maximum absolute atomic E-state index is 13.8. The van der Waals surface area contributed by atoms with Crippen LogP contribution < -0.4 is 4.90 Å². The molecule has 4 rings (SSSR count). The van der Waals surface area contributed by atoms with Crippen molar-refractivity contribution in [3.8, 4) is 0 Å². The molecule has 0 bridgehead atoms. The second kappa shape index (κ2) is 6.20. The molecule has 1 fully saturated rings. The zero-order valence-corrected chi connectivity index (χ0v) is 13.2. The molecule has 24 heavy (non-hydrogen) atoms. The van der Waals surface area contributed by atoms with Crippen LogP contribution in [0.5, 0.6) is 0 Å². The van der Waals surface area contributed by atoms with Crippen molar-refractivity contribution in [3.05, 3.63) is 59.7 Å². The number of hydrogen-bond donors (Lipinski definition) is 0. The molecule has 2 aromatic rings. The third kappa shape index (κ3) is 2.85. The molecule has 1 aromatic heterocycles. The van der Waals surface area contributed by atoms with Crippen LogP contribution in [0.3, 0.4) is 0 Å². The largest absolute Gasteiger partial charge is 0.447 e. The summed E-state index contributed by atoms with van der Waals surface area (Å²) in [5.74, 6) is -0.343. The van der Waals surface area contributed by atoms with Crippen LogP contribution in [-0.4, -0.2) is 35.2 Å². The van der Waals surface area contributed by atoms with Gasteiger partial charge in [0.25, 0.3) is 0 Å². The quantitative estimate of drug-likeness (QED) is 0.851. The van der Waals surface area contributed by atoms with Crippen molar-refractivity contribution in [1.29, 1.82) is 0 Å². The number of nitrogens with zero attached hydrogens (tertiary/aromatic N) is 3. The number of rotatable bonds is 2. The third-order valence-electron chi connectivity index (χ3n) is 4.55. The number of hydrogen-bond acceptors (Lipinski definition) is 4. The molecule has 6 heteroatoms. The van der Waals surface area contributed by atoms with Crippen molar-refractivity contribution in [2.75, 3.05) is 18.1 Å². The molecule has 0 spiro atoms. The summed E-state index contributed by atoms with van der Waals surface area (Å²) in [6.07, 6.45) is 2.19. The van der Waals surface area contributed by atoms with Crippen LogP contribution in [-0.2, 0) is 17.8 Å². The zero-order valence-electron chi connectivity index (χ0n) is 13.2. The third-order valence-corrected chi connectivity index (χ3v) is 4.55. The molecule has 5 nitrogen and oxygen atoms in total. The van der Waals surface area contributed by atoms with E-state index in [1.165, 1.54) is 12.1 Å². The van der Waals surface area contributed by atoms with Crippen molar-refractivity contribution >= 4 is 11.8 Å². The number of anilines is 1. The lowest BCUT2D eigenvalue weighted by atomic mass is 10.0. The molecule has 0 saturated carbocycles. The number of ether oxygens (including phenoxy) is 1. The van der Waals surface area contributed by atoms with E-state index in [2.05, 4.69) is 9.88 Å². The molecule has 2 aliphatic rings. The van der Waals surface area contributed by atoms with E-state index in [1.54, 1.807) is 17.2 Å². The topological polar surface area (TPSA) is 45.7 Å². The minimum Gasteiger partial charge on any atom is -0.447 e. The Hall–Kier alpha value is -2.47. The van der Waals surface area contributed by atoms with Crippen LogP contribution in [0.1, 0.15) is 17.7 Å². The molecule has 2 aliphatic heterocycles. The number of halogens is 1. The number of benzene rings is 1. The predicted molar refractivity (Wildman–Crippen MR) is 87.0 cm³/mol. The fourth-order valence-corrected chi connectivity index (χ4v) is 3.37. The lowest BCUT2D eigenvalue weighted by Crippen LogP contribution is -2.40. The van der Waals surface area contributed by atoms with Gasteiger partial charge in [-0.1, -0.05) is 12.1 Å². The molecular weight excluding hydrogens is 309 g/mol. The Morgan fingerprint density at radius 1 is 1.29 bits per heavy atom.